The molecule has 0 bridgehead atoms. The molecule has 1 aromatic heterocycles. The van der Waals surface area contributed by atoms with Crippen molar-refractivity contribution in [2.45, 2.75) is 45.7 Å². The van der Waals surface area contributed by atoms with Crippen molar-refractivity contribution < 1.29 is 0 Å². The molecule has 2 aromatic rings. The molecule has 0 amide bonds. The normalized spacial score (nSPS) is 15.1. The van der Waals surface area contributed by atoms with E-state index in [2.05, 4.69) is 58.0 Å². The van der Waals surface area contributed by atoms with Crippen LogP contribution in [0.2, 0.25) is 0 Å². The van der Waals surface area contributed by atoms with Gasteiger partial charge >= 0.3 is 0 Å². The van der Waals surface area contributed by atoms with Gasteiger partial charge in [0, 0.05) is 32.9 Å². The summed E-state index contributed by atoms with van der Waals surface area (Å²) in [6.45, 7) is 8.11. The fourth-order valence-corrected chi connectivity index (χ4v) is 3.56. The van der Waals surface area contributed by atoms with Crippen molar-refractivity contribution in [3.05, 3.63) is 53.3 Å². The van der Waals surface area contributed by atoms with Crippen molar-refractivity contribution >= 4 is 5.96 Å². The summed E-state index contributed by atoms with van der Waals surface area (Å²) in [4.78, 5) is 7.27. The average molecular weight is 383 g/mol. The number of benzene rings is 1. The second-order valence-corrected chi connectivity index (χ2v) is 7.55. The van der Waals surface area contributed by atoms with Gasteiger partial charge in [-0.15, -0.1) is 0 Å². The average Bonchev–Trinajstić information content (AvgIpc) is 3.36. The second-order valence-electron chi connectivity index (χ2n) is 7.55. The Morgan fingerprint density at radius 1 is 1.07 bits per heavy atom. The number of hydrogen-bond acceptors (Lipinski definition) is 3. The minimum absolute atomic E-state index is 0.696. The summed E-state index contributed by atoms with van der Waals surface area (Å²) < 4.78 is 1.85. The number of aryl methyl sites for hydroxylation is 2. The number of hydrogen-bond donors (Lipinski definition) is 2. The van der Waals surface area contributed by atoms with Gasteiger partial charge in [-0.2, -0.15) is 5.10 Å². The summed E-state index contributed by atoms with van der Waals surface area (Å²) in [6, 6.07) is 8.91. The first-order valence-electron chi connectivity index (χ1n) is 10.5. The number of guanidine groups is 1. The van der Waals surface area contributed by atoms with E-state index in [-0.39, 0.29) is 0 Å². The third-order valence-corrected chi connectivity index (χ3v) is 5.08. The van der Waals surface area contributed by atoms with Crippen LogP contribution in [0.5, 0.6) is 0 Å². The van der Waals surface area contributed by atoms with Crippen LogP contribution in [0.3, 0.4) is 0 Å². The quantitative estimate of drug-likeness (QED) is 0.398. The number of nitrogens with one attached hydrogen (secondary N) is 2. The highest BCUT2D eigenvalue weighted by Crippen LogP contribution is 2.13. The van der Waals surface area contributed by atoms with Crippen molar-refractivity contribution in [2.24, 2.45) is 12.0 Å². The third-order valence-electron chi connectivity index (χ3n) is 5.08. The minimum Gasteiger partial charge on any atom is -0.357 e. The van der Waals surface area contributed by atoms with E-state index < -0.39 is 0 Å². The molecule has 3 rings (SSSR count). The lowest BCUT2D eigenvalue weighted by Gasteiger charge is -2.14. The topological polar surface area (TPSA) is 57.5 Å². The molecule has 2 heterocycles. The van der Waals surface area contributed by atoms with Gasteiger partial charge in [-0.05, 0) is 62.4 Å². The van der Waals surface area contributed by atoms with Gasteiger partial charge in [0.1, 0.15) is 0 Å². The molecule has 1 aliphatic rings. The van der Waals surface area contributed by atoms with Crippen LogP contribution in [-0.2, 0) is 26.6 Å². The van der Waals surface area contributed by atoms with Crippen LogP contribution in [0.1, 0.15) is 42.9 Å². The molecule has 152 valence electrons. The van der Waals surface area contributed by atoms with Crippen LogP contribution in [0.15, 0.2) is 41.7 Å². The van der Waals surface area contributed by atoms with Crippen molar-refractivity contribution in [1.82, 2.24) is 25.3 Å². The number of nitrogens with zero attached hydrogens (tertiary/aromatic N) is 4. The molecule has 2 N–H and O–H groups in total. The van der Waals surface area contributed by atoms with Gasteiger partial charge in [0.2, 0.25) is 0 Å². The maximum Gasteiger partial charge on any atom is 0.191 e. The highest BCUT2D eigenvalue weighted by molar-refractivity contribution is 5.79. The molecule has 0 unspecified atom stereocenters. The van der Waals surface area contributed by atoms with E-state index in [1.807, 2.05) is 17.9 Å². The van der Waals surface area contributed by atoms with Gasteiger partial charge < -0.3 is 10.6 Å². The van der Waals surface area contributed by atoms with E-state index in [1.165, 1.54) is 42.6 Å². The van der Waals surface area contributed by atoms with Crippen molar-refractivity contribution in [3.8, 4) is 0 Å². The molecular formula is C22H34N6. The Bertz CT molecular complexity index is 728. The zero-order valence-electron chi connectivity index (χ0n) is 17.3. The molecule has 6 nitrogen and oxygen atoms in total. The Morgan fingerprint density at radius 2 is 1.82 bits per heavy atom. The number of aliphatic imine (C=N–C) groups is 1. The first-order chi connectivity index (χ1) is 13.7. The summed E-state index contributed by atoms with van der Waals surface area (Å²) >= 11 is 0. The van der Waals surface area contributed by atoms with E-state index in [4.69, 9.17) is 4.99 Å². The zero-order chi connectivity index (χ0) is 19.6. The Hall–Kier alpha value is -2.34. The molecule has 0 saturated carbocycles. The summed E-state index contributed by atoms with van der Waals surface area (Å²) in [6.07, 6.45) is 8.78. The van der Waals surface area contributed by atoms with Crippen molar-refractivity contribution in [1.29, 1.82) is 0 Å². The monoisotopic (exact) mass is 382 g/mol. The van der Waals surface area contributed by atoms with E-state index in [1.54, 1.807) is 0 Å². The molecule has 1 aromatic carbocycles. The molecule has 28 heavy (non-hydrogen) atoms. The molecular weight excluding hydrogens is 348 g/mol. The fourth-order valence-electron chi connectivity index (χ4n) is 3.56. The van der Waals surface area contributed by atoms with E-state index in [9.17, 15) is 0 Å². The Labute approximate surface area is 169 Å². The molecule has 1 fully saturated rings. The first-order valence-corrected chi connectivity index (χ1v) is 10.5. The lowest BCUT2D eigenvalue weighted by Crippen LogP contribution is -2.37. The summed E-state index contributed by atoms with van der Waals surface area (Å²) in [7, 11) is 1.95. The molecule has 1 aliphatic heterocycles. The predicted octanol–water partition coefficient (Wildman–Crippen LogP) is 2.70. The molecule has 6 heteroatoms. The number of aromatic nitrogens is 2. The summed E-state index contributed by atoms with van der Waals surface area (Å²) in [5.41, 5.74) is 3.92. The van der Waals surface area contributed by atoms with Crippen molar-refractivity contribution in [2.75, 3.05) is 26.2 Å². The lowest BCUT2D eigenvalue weighted by atomic mass is 10.1. The van der Waals surface area contributed by atoms with Gasteiger partial charge in [0.15, 0.2) is 5.96 Å². The summed E-state index contributed by atoms with van der Waals surface area (Å²) in [5.74, 6) is 0.884. The molecule has 0 spiro atoms. The van der Waals surface area contributed by atoms with Gasteiger partial charge in [-0.3, -0.25) is 9.58 Å². The van der Waals surface area contributed by atoms with Gasteiger partial charge in [-0.25, -0.2) is 4.99 Å². The second kappa shape index (κ2) is 10.9. The maximum atomic E-state index is 4.73. The largest absolute Gasteiger partial charge is 0.357 e. The number of rotatable bonds is 9. The third kappa shape index (κ3) is 6.68. The van der Waals surface area contributed by atoms with Crippen LogP contribution in [0.4, 0.5) is 0 Å². The SMILES string of the molecule is CCNC(=NCc1ccc(CN2CCCC2)cc1)NCCCc1cnn(C)c1. The fraction of sp³-hybridized carbons (Fsp3) is 0.545. The van der Waals surface area contributed by atoms with Gasteiger partial charge in [-0.1, -0.05) is 24.3 Å². The Balaban J connectivity index is 1.43. The lowest BCUT2D eigenvalue weighted by molar-refractivity contribution is 0.331. The molecule has 0 atom stereocenters. The van der Waals surface area contributed by atoms with Crippen LogP contribution in [0.25, 0.3) is 0 Å². The molecule has 1 saturated heterocycles. The maximum absolute atomic E-state index is 4.73. The van der Waals surface area contributed by atoms with Gasteiger partial charge in [0.05, 0.1) is 12.7 Å². The predicted molar refractivity (Wildman–Crippen MR) is 115 cm³/mol. The smallest absolute Gasteiger partial charge is 0.191 e. The highest BCUT2D eigenvalue weighted by atomic mass is 15.2. The van der Waals surface area contributed by atoms with Crippen LogP contribution < -0.4 is 10.6 Å². The van der Waals surface area contributed by atoms with Crippen molar-refractivity contribution in [3.63, 3.8) is 0 Å². The Morgan fingerprint density at radius 3 is 2.50 bits per heavy atom. The number of likely N-dealkylation sites (tertiary alicyclic amines) is 1. The van der Waals surface area contributed by atoms with Crippen LogP contribution in [0, 0.1) is 0 Å². The highest BCUT2D eigenvalue weighted by Gasteiger charge is 2.11. The minimum atomic E-state index is 0.696. The zero-order valence-corrected chi connectivity index (χ0v) is 17.3. The summed E-state index contributed by atoms with van der Waals surface area (Å²) in [5, 5.41) is 11.0. The van der Waals surface area contributed by atoms with E-state index in [0.717, 1.165) is 38.4 Å². The Kier molecular flexibility index (Phi) is 7.91. The van der Waals surface area contributed by atoms with Gasteiger partial charge in [0.25, 0.3) is 0 Å². The molecule has 0 radical (unpaired) electrons. The first kappa shape index (κ1) is 20.4. The van der Waals surface area contributed by atoms with Crippen LogP contribution >= 0.6 is 0 Å². The van der Waals surface area contributed by atoms with Crippen LogP contribution in [-0.4, -0.2) is 46.8 Å². The van der Waals surface area contributed by atoms with E-state index in [0.29, 0.717) is 6.54 Å². The standard InChI is InChI=1S/C22H34N6/c1-3-23-22(24-12-6-7-21-16-26-27(2)17-21)25-15-19-8-10-20(11-9-19)18-28-13-4-5-14-28/h8-11,16-17H,3-7,12-15,18H2,1-2H3,(H2,23,24,25). The van der Waals surface area contributed by atoms with E-state index >= 15 is 0 Å². The molecule has 0 aliphatic carbocycles.